The molecule has 0 saturated heterocycles. The smallest absolute Gasteiger partial charge is 0.202 e. The summed E-state index contributed by atoms with van der Waals surface area (Å²) in [7, 11) is 0. The van der Waals surface area contributed by atoms with Crippen molar-refractivity contribution in [2.45, 2.75) is 13.3 Å². The first-order valence-corrected chi connectivity index (χ1v) is 6.17. The first kappa shape index (κ1) is 9.61. The highest BCUT2D eigenvalue weighted by Crippen LogP contribution is 2.24. The molecular weight excluding hydrogens is 214 g/mol. The Kier molecular flexibility index (Phi) is 3.10. The van der Waals surface area contributed by atoms with Crippen LogP contribution in [0.2, 0.25) is 0 Å². The molecule has 74 valence electrons. The Morgan fingerprint density at radius 2 is 2.43 bits per heavy atom. The van der Waals surface area contributed by atoms with Crippen molar-refractivity contribution in [1.82, 2.24) is 9.36 Å². The van der Waals surface area contributed by atoms with E-state index in [4.69, 9.17) is 0 Å². The largest absolute Gasteiger partial charge is 0.360 e. The van der Waals surface area contributed by atoms with Gasteiger partial charge in [0.15, 0.2) is 5.82 Å². The van der Waals surface area contributed by atoms with E-state index in [1.165, 1.54) is 11.5 Å². The van der Waals surface area contributed by atoms with E-state index in [-0.39, 0.29) is 0 Å². The molecule has 0 bridgehead atoms. The number of hydrogen-bond acceptors (Lipinski definition) is 5. The summed E-state index contributed by atoms with van der Waals surface area (Å²) >= 11 is 3.09. The van der Waals surface area contributed by atoms with Gasteiger partial charge in [0.25, 0.3) is 0 Å². The molecule has 0 aliphatic heterocycles. The molecule has 0 radical (unpaired) electrons. The van der Waals surface area contributed by atoms with Crippen LogP contribution < -0.4 is 5.32 Å². The van der Waals surface area contributed by atoms with Crippen LogP contribution in [0.25, 0.3) is 10.7 Å². The summed E-state index contributed by atoms with van der Waals surface area (Å²) in [5, 5.41) is 6.18. The molecule has 0 fully saturated rings. The molecule has 2 heterocycles. The Bertz CT molecular complexity index is 380. The van der Waals surface area contributed by atoms with Gasteiger partial charge in [-0.1, -0.05) is 13.0 Å². The van der Waals surface area contributed by atoms with Gasteiger partial charge in [0, 0.05) is 18.1 Å². The Balaban J connectivity index is 2.10. The zero-order valence-electron chi connectivity index (χ0n) is 7.86. The number of aromatic nitrogens is 2. The van der Waals surface area contributed by atoms with Gasteiger partial charge in [-0.05, 0) is 17.9 Å². The standard InChI is InChI=1S/C9H11N3S2/c1-2-5-10-9-11-8(12-14-9)7-4-3-6-13-7/h3-4,6H,2,5H2,1H3,(H,10,11,12). The third kappa shape index (κ3) is 2.10. The van der Waals surface area contributed by atoms with Gasteiger partial charge in [0.1, 0.15) is 0 Å². The number of hydrogen-bond donors (Lipinski definition) is 1. The number of rotatable bonds is 4. The molecule has 2 aromatic rings. The first-order valence-electron chi connectivity index (χ1n) is 4.51. The van der Waals surface area contributed by atoms with Crippen LogP contribution in [0, 0.1) is 0 Å². The van der Waals surface area contributed by atoms with Gasteiger partial charge >= 0.3 is 0 Å². The zero-order chi connectivity index (χ0) is 9.80. The van der Waals surface area contributed by atoms with Gasteiger partial charge in [0.2, 0.25) is 5.13 Å². The van der Waals surface area contributed by atoms with Gasteiger partial charge in [-0.25, -0.2) is 0 Å². The zero-order valence-corrected chi connectivity index (χ0v) is 9.49. The molecule has 0 unspecified atom stereocenters. The number of nitrogens with one attached hydrogen (secondary N) is 1. The predicted molar refractivity (Wildman–Crippen MR) is 62.0 cm³/mol. The third-order valence-electron chi connectivity index (χ3n) is 1.69. The molecular formula is C9H11N3S2. The lowest BCUT2D eigenvalue weighted by atomic mass is 10.4. The molecule has 0 atom stereocenters. The van der Waals surface area contributed by atoms with Crippen LogP contribution in [0.1, 0.15) is 13.3 Å². The average molecular weight is 225 g/mol. The minimum atomic E-state index is 0.837. The summed E-state index contributed by atoms with van der Waals surface area (Å²) in [6.07, 6.45) is 1.11. The second-order valence-corrected chi connectivity index (χ2v) is 4.53. The molecule has 1 N–H and O–H groups in total. The highest BCUT2D eigenvalue weighted by Gasteiger charge is 2.05. The van der Waals surface area contributed by atoms with Crippen molar-refractivity contribution in [3.63, 3.8) is 0 Å². The van der Waals surface area contributed by atoms with Gasteiger partial charge in [-0.15, -0.1) is 11.3 Å². The lowest BCUT2D eigenvalue weighted by Gasteiger charge is -1.95. The van der Waals surface area contributed by atoms with Crippen molar-refractivity contribution < 1.29 is 0 Å². The summed E-state index contributed by atoms with van der Waals surface area (Å²) in [6.45, 7) is 3.09. The van der Waals surface area contributed by atoms with Gasteiger partial charge in [-0.3, -0.25) is 0 Å². The van der Waals surface area contributed by atoms with Crippen molar-refractivity contribution >= 4 is 28.0 Å². The Hall–Kier alpha value is -0.940. The van der Waals surface area contributed by atoms with Crippen molar-refractivity contribution in [3.8, 4) is 10.7 Å². The molecule has 0 aliphatic carbocycles. The highest BCUT2D eigenvalue weighted by atomic mass is 32.1. The van der Waals surface area contributed by atoms with Crippen LogP contribution in [-0.4, -0.2) is 15.9 Å². The second kappa shape index (κ2) is 4.52. The molecule has 3 nitrogen and oxygen atoms in total. The number of anilines is 1. The van der Waals surface area contributed by atoms with E-state index in [2.05, 4.69) is 21.6 Å². The van der Waals surface area contributed by atoms with Crippen LogP contribution in [0.3, 0.4) is 0 Å². The number of thiophene rings is 1. The van der Waals surface area contributed by atoms with Crippen LogP contribution in [0.5, 0.6) is 0 Å². The van der Waals surface area contributed by atoms with Crippen LogP contribution in [0.4, 0.5) is 5.13 Å². The first-order chi connectivity index (χ1) is 6.90. The predicted octanol–water partition coefficient (Wildman–Crippen LogP) is 3.09. The number of nitrogens with zero attached hydrogens (tertiary/aromatic N) is 2. The average Bonchev–Trinajstić information content (AvgIpc) is 2.85. The molecule has 0 aromatic carbocycles. The van der Waals surface area contributed by atoms with E-state index >= 15 is 0 Å². The van der Waals surface area contributed by atoms with Crippen LogP contribution >= 0.6 is 22.9 Å². The molecule has 0 spiro atoms. The quantitative estimate of drug-likeness (QED) is 0.869. The van der Waals surface area contributed by atoms with Crippen molar-refractivity contribution in [1.29, 1.82) is 0 Å². The van der Waals surface area contributed by atoms with Gasteiger partial charge in [-0.2, -0.15) is 9.36 Å². The molecule has 0 amide bonds. The lowest BCUT2D eigenvalue weighted by Crippen LogP contribution is -1.98. The summed E-state index contributed by atoms with van der Waals surface area (Å²) in [6, 6.07) is 4.05. The fourth-order valence-electron chi connectivity index (χ4n) is 1.03. The maximum absolute atomic E-state index is 4.40. The molecule has 0 saturated carbocycles. The Morgan fingerprint density at radius 3 is 3.14 bits per heavy atom. The van der Waals surface area contributed by atoms with Gasteiger partial charge < -0.3 is 5.32 Å². The Labute approximate surface area is 91.0 Å². The summed E-state index contributed by atoms with van der Waals surface area (Å²) in [5.41, 5.74) is 0. The molecule has 2 rings (SSSR count). The normalized spacial score (nSPS) is 10.4. The van der Waals surface area contributed by atoms with E-state index in [1.807, 2.05) is 17.5 Å². The van der Waals surface area contributed by atoms with E-state index in [9.17, 15) is 0 Å². The SMILES string of the molecule is CCCNc1nc(-c2cccs2)ns1. The van der Waals surface area contributed by atoms with Crippen molar-refractivity contribution in [2.75, 3.05) is 11.9 Å². The molecule has 2 aromatic heterocycles. The Morgan fingerprint density at radius 1 is 1.50 bits per heavy atom. The highest BCUT2D eigenvalue weighted by molar-refractivity contribution is 7.14. The molecule has 14 heavy (non-hydrogen) atoms. The van der Waals surface area contributed by atoms with E-state index in [0.29, 0.717) is 0 Å². The third-order valence-corrected chi connectivity index (χ3v) is 3.23. The fraction of sp³-hybridized carbons (Fsp3) is 0.333. The van der Waals surface area contributed by atoms with E-state index in [1.54, 1.807) is 11.3 Å². The van der Waals surface area contributed by atoms with Gasteiger partial charge in [0.05, 0.1) is 4.88 Å². The minimum Gasteiger partial charge on any atom is -0.360 e. The maximum Gasteiger partial charge on any atom is 0.202 e. The maximum atomic E-state index is 4.40. The monoisotopic (exact) mass is 225 g/mol. The fourth-order valence-corrected chi connectivity index (χ4v) is 2.35. The van der Waals surface area contributed by atoms with Crippen molar-refractivity contribution in [2.24, 2.45) is 0 Å². The lowest BCUT2D eigenvalue weighted by molar-refractivity contribution is 0.976. The van der Waals surface area contributed by atoms with Crippen LogP contribution in [0.15, 0.2) is 17.5 Å². The molecule has 0 aliphatic rings. The molecule has 5 heteroatoms. The summed E-state index contributed by atoms with van der Waals surface area (Å²) < 4.78 is 4.29. The van der Waals surface area contributed by atoms with Crippen LogP contribution in [-0.2, 0) is 0 Å². The van der Waals surface area contributed by atoms with Crippen molar-refractivity contribution in [3.05, 3.63) is 17.5 Å². The van der Waals surface area contributed by atoms with E-state index in [0.717, 1.165) is 28.8 Å². The summed E-state index contributed by atoms with van der Waals surface area (Å²) in [4.78, 5) is 5.53. The second-order valence-electron chi connectivity index (χ2n) is 2.83. The summed E-state index contributed by atoms with van der Waals surface area (Å²) in [5.74, 6) is 0.837. The van der Waals surface area contributed by atoms with E-state index < -0.39 is 0 Å². The minimum absolute atomic E-state index is 0.837. The topological polar surface area (TPSA) is 37.8 Å².